The molecule has 0 bridgehead atoms. The van der Waals surface area contributed by atoms with Gasteiger partial charge in [0, 0.05) is 24.8 Å². The highest BCUT2D eigenvalue weighted by atomic mass is 16.5. The Balaban J connectivity index is 1.38. The number of anilines is 1. The molecule has 6 rings (SSSR count). The Morgan fingerprint density at radius 3 is 2.93 bits per heavy atom. The van der Waals surface area contributed by atoms with Crippen LogP contribution in [0.1, 0.15) is 55.0 Å². The van der Waals surface area contributed by atoms with Gasteiger partial charge in [0.25, 0.3) is 0 Å². The number of aromatic nitrogens is 3. The Labute approximate surface area is 177 Å². The molecule has 1 aliphatic heterocycles. The summed E-state index contributed by atoms with van der Waals surface area (Å²) >= 11 is 0. The molecule has 1 aromatic carbocycles. The summed E-state index contributed by atoms with van der Waals surface area (Å²) < 4.78 is 5.82. The largest absolute Gasteiger partial charge is 0.376 e. The van der Waals surface area contributed by atoms with Crippen molar-refractivity contribution in [1.29, 1.82) is 0 Å². The van der Waals surface area contributed by atoms with E-state index in [0.717, 1.165) is 49.4 Å². The monoisotopic (exact) mass is 403 g/mol. The van der Waals surface area contributed by atoms with Crippen LogP contribution in [0.5, 0.6) is 0 Å². The van der Waals surface area contributed by atoms with Crippen LogP contribution in [0.2, 0.25) is 0 Å². The van der Waals surface area contributed by atoms with Crippen molar-refractivity contribution in [2.75, 3.05) is 25.0 Å². The molecule has 2 aliphatic carbocycles. The van der Waals surface area contributed by atoms with Crippen LogP contribution in [-0.2, 0) is 11.2 Å². The van der Waals surface area contributed by atoms with Crippen LogP contribution in [0.4, 0.5) is 5.82 Å². The summed E-state index contributed by atoms with van der Waals surface area (Å²) in [6, 6.07) is 11.8. The zero-order chi connectivity index (χ0) is 20.1. The van der Waals surface area contributed by atoms with Crippen LogP contribution < -0.4 is 5.32 Å². The summed E-state index contributed by atoms with van der Waals surface area (Å²) in [5.74, 6) is 1.61. The average Bonchev–Trinajstić information content (AvgIpc) is 3.53. The molecule has 1 saturated carbocycles. The van der Waals surface area contributed by atoms with Crippen molar-refractivity contribution in [2.45, 2.75) is 56.7 Å². The van der Waals surface area contributed by atoms with Crippen LogP contribution in [0.25, 0.3) is 11.0 Å². The lowest BCUT2D eigenvalue weighted by atomic mass is 9.83. The molecule has 3 aromatic rings. The Morgan fingerprint density at radius 2 is 2.07 bits per heavy atom. The number of H-pyrrole nitrogens is 1. The molecule has 0 radical (unpaired) electrons. The van der Waals surface area contributed by atoms with Crippen molar-refractivity contribution in [3.63, 3.8) is 0 Å². The van der Waals surface area contributed by atoms with Gasteiger partial charge in [-0.25, -0.2) is 9.97 Å². The van der Waals surface area contributed by atoms with Crippen molar-refractivity contribution in [2.24, 2.45) is 0 Å². The number of fused-ring (bicyclic) bond motifs is 2. The van der Waals surface area contributed by atoms with E-state index >= 15 is 0 Å². The topological polar surface area (TPSA) is 66.1 Å². The first-order chi connectivity index (χ1) is 14.8. The highest BCUT2D eigenvalue weighted by Crippen LogP contribution is 2.42. The van der Waals surface area contributed by atoms with Crippen molar-refractivity contribution in [3.8, 4) is 0 Å². The van der Waals surface area contributed by atoms with E-state index in [4.69, 9.17) is 4.74 Å². The van der Waals surface area contributed by atoms with Gasteiger partial charge in [-0.15, -0.1) is 0 Å². The van der Waals surface area contributed by atoms with Gasteiger partial charge in [0.15, 0.2) is 0 Å². The molecule has 2 fully saturated rings. The molecule has 0 amide bonds. The van der Waals surface area contributed by atoms with E-state index in [1.54, 1.807) is 6.33 Å². The maximum Gasteiger partial charge on any atom is 0.143 e. The predicted octanol–water partition coefficient (Wildman–Crippen LogP) is 4.02. The van der Waals surface area contributed by atoms with Crippen LogP contribution in [0.3, 0.4) is 0 Å². The third-order valence-electron chi connectivity index (χ3n) is 6.98. The highest BCUT2D eigenvalue weighted by molar-refractivity contribution is 5.88. The van der Waals surface area contributed by atoms with E-state index in [1.165, 1.54) is 29.7 Å². The minimum Gasteiger partial charge on any atom is -0.376 e. The summed E-state index contributed by atoms with van der Waals surface area (Å²) in [5, 5.41) is 4.97. The Bertz CT molecular complexity index is 1060. The van der Waals surface area contributed by atoms with Gasteiger partial charge in [-0.1, -0.05) is 24.3 Å². The summed E-state index contributed by atoms with van der Waals surface area (Å²) in [6.07, 6.45) is 6.79. The lowest BCUT2D eigenvalue weighted by molar-refractivity contribution is -0.0391. The second-order valence-corrected chi connectivity index (χ2v) is 9.09. The van der Waals surface area contributed by atoms with Crippen molar-refractivity contribution < 1.29 is 4.74 Å². The van der Waals surface area contributed by atoms with Gasteiger partial charge < -0.3 is 15.0 Å². The fourth-order valence-corrected chi connectivity index (χ4v) is 5.29. The quantitative estimate of drug-likeness (QED) is 0.689. The zero-order valence-electron chi connectivity index (χ0n) is 17.5. The highest BCUT2D eigenvalue weighted by Gasteiger charge is 2.36. The van der Waals surface area contributed by atoms with Gasteiger partial charge in [0.05, 0.1) is 24.1 Å². The molecule has 6 heteroatoms. The zero-order valence-corrected chi connectivity index (χ0v) is 17.5. The van der Waals surface area contributed by atoms with Crippen molar-refractivity contribution >= 4 is 16.9 Å². The molecule has 2 aromatic heterocycles. The SMILES string of the molecule is CC1CN(C2CCc3ccccc3C2Nc2ncnc3[nH]c(C4CC4)cc23)CCO1. The molecule has 156 valence electrons. The molecular weight excluding hydrogens is 374 g/mol. The second kappa shape index (κ2) is 7.36. The van der Waals surface area contributed by atoms with Gasteiger partial charge in [0.1, 0.15) is 17.8 Å². The summed E-state index contributed by atoms with van der Waals surface area (Å²) in [5.41, 5.74) is 5.09. The maximum absolute atomic E-state index is 5.82. The molecule has 3 atom stereocenters. The van der Waals surface area contributed by atoms with E-state index in [-0.39, 0.29) is 12.1 Å². The van der Waals surface area contributed by atoms with E-state index in [1.807, 2.05) is 0 Å². The average molecular weight is 404 g/mol. The standard InChI is InChI=1S/C24H29N5O/c1-15-13-29(10-11-30-15)21-9-8-16-4-2-3-5-18(16)22(21)28-24-19-12-20(17-6-7-17)27-23(19)25-14-26-24/h2-5,12,14-15,17,21-22H,6-11,13H2,1H3,(H2,25,26,27,28). The van der Waals surface area contributed by atoms with Crippen molar-refractivity contribution in [1.82, 2.24) is 19.9 Å². The summed E-state index contributed by atoms with van der Waals surface area (Å²) in [7, 11) is 0. The number of aromatic amines is 1. The van der Waals surface area contributed by atoms with Gasteiger partial charge in [-0.2, -0.15) is 0 Å². The summed E-state index contributed by atoms with van der Waals surface area (Å²) in [4.78, 5) is 15.3. The lowest BCUT2D eigenvalue weighted by Gasteiger charge is -2.44. The Hall–Kier alpha value is -2.44. The van der Waals surface area contributed by atoms with E-state index in [0.29, 0.717) is 12.0 Å². The van der Waals surface area contributed by atoms with E-state index < -0.39 is 0 Å². The third-order valence-corrected chi connectivity index (χ3v) is 6.98. The first-order valence-corrected chi connectivity index (χ1v) is 11.3. The normalized spacial score (nSPS) is 27.2. The van der Waals surface area contributed by atoms with Crippen LogP contribution in [0.15, 0.2) is 36.7 Å². The number of benzene rings is 1. The number of aryl methyl sites for hydroxylation is 1. The van der Waals surface area contributed by atoms with Crippen molar-refractivity contribution in [3.05, 3.63) is 53.5 Å². The first-order valence-electron chi connectivity index (χ1n) is 11.3. The fourth-order valence-electron chi connectivity index (χ4n) is 5.29. The van der Waals surface area contributed by atoms with E-state index in [2.05, 4.69) is 62.4 Å². The minimum absolute atomic E-state index is 0.206. The van der Waals surface area contributed by atoms with E-state index in [9.17, 15) is 0 Å². The molecule has 3 heterocycles. The number of rotatable bonds is 4. The van der Waals surface area contributed by atoms with Gasteiger partial charge >= 0.3 is 0 Å². The Morgan fingerprint density at radius 1 is 1.17 bits per heavy atom. The minimum atomic E-state index is 0.206. The predicted molar refractivity (Wildman–Crippen MR) is 118 cm³/mol. The fraction of sp³-hybridized carbons (Fsp3) is 0.500. The molecule has 30 heavy (non-hydrogen) atoms. The number of morpholine rings is 1. The molecule has 3 unspecified atom stereocenters. The maximum atomic E-state index is 5.82. The molecule has 2 N–H and O–H groups in total. The smallest absolute Gasteiger partial charge is 0.143 e. The number of hydrogen-bond donors (Lipinski definition) is 2. The first kappa shape index (κ1) is 18.3. The number of hydrogen-bond acceptors (Lipinski definition) is 5. The van der Waals surface area contributed by atoms with Gasteiger partial charge in [-0.3, -0.25) is 4.90 Å². The van der Waals surface area contributed by atoms with Crippen LogP contribution >= 0.6 is 0 Å². The molecule has 1 saturated heterocycles. The molecular formula is C24H29N5O. The number of nitrogens with one attached hydrogen (secondary N) is 2. The molecule has 0 spiro atoms. The summed E-state index contributed by atoms with van der Waals surface area (Å²) in [6.45, 7) is 4.97. The second-order valence-electron chi connectivity index (χ2n) is 9.09. The number of ether oxygens (including phenoxy) is 1. The van der Waals surface area contributed by atoms with Gasteiger partial charge in [0.2, 0.25) is 0 Å². The third kappa shape index (κ3) is 3.28. The Kier molecular flexibility index (Phi) is 4.50. The lowest BCUT2D eigenvalue weighted by Crippen LogP contribution is -2.51. The molecule has 3 aliphatic rings. The van der Waals surface area contributed by atoms with Crippen LogP contribution in [-0.4, -0.2) is 51.7 Å². The number of nitrogens with zero attached hydrogens (tertiary/aromatic N) is 3. The van der Waals surface area contributed by atoms with Crippen LogP contribution in [0, 0.1) is 0 Å². The molecule has 6 nitrogen and oxygen atoms in total. The van der Waals surface area contributed by atoms with Gasteiger partial charge in [-0.05, 0) is 55.7 Å².